The fourth-order valence-electron chi connectivity index (χ4n) is 2.37. The van der Waals surface area contributed by atoms with Crippen molar-refractivity contribution in [2.24, 2.45) is 0 Å². The molecule has 1 aliphatic rings. The Morgan fingerprint density at radius 1 is 1.37 bits per heavy atom. The standard InChI is InChI=1S/C13H18N2O3S/c1-8-6-4-3-5-7-15(8)13-14-10(12(17)18)11(19-13)9(2)16/h8H,3-7H2,1-2H3,(H,17,18). The highest BCUT2D eigenvalue weighted by Crippen LogP contribution is 2.31. The molecule has 1 aromatic heterocycles. The maximum atomic E-state index is 11.5. The maximum absolute atomic E-state index is 11.5. The van der Waals surface area contributed by atoms with Crippen molar-refractivity contribution in [2.45, 2.75) is 45.6 Å². The van der Waals surface area contributed by atoms with Crippen LogP contribution in [0.3, 0.4) is 0 Å². The summed E-state index contributed by atoms with van der Waals surface area (Å²) in [5, 5.41) is 9.79. The van der Waals surface area contributed by atoms with Gasteiger partial charge in [0.25, 0.3) is 0 Å². The van der Waals surface area contributed by atoms with Gasteiger partial charge in [0, 0.05) is 19.5 Å². The third-order valence-electron chi connectivity index (χ3n) is 3.44. The summed E-state index contributed by atoms with van der Waals surface area (Å²) in [6.07, 6.45) is 4.55. The normalized spacial score (nSPS) is 20.1. The van der Waals surface area contributed by atoms with E-state index >= 15 is 0 Å². The number of carboxylic acid groups (broad SMARTS) is 1. The summed E-state index contributed by atoms with van der Waals surface area (Å²) in [5.74, 6) is -1.36. The van der Waals surface area contributed by atoms with E-state index in [1.165, 1.54) is 31.1 Å². The number of aromatic nitrogens is 1. The molecule has 2 rings (SSSR count). The summed E-state index contributed by atoms with van der Waals surface area (Å²) in [7, 11) is 0. The number of hydrogen-bond acceptors (Lipinski definition) is 5. The lowest BCUT2D eigenvalue weighted by Crippen LogP contribution is -2.32. The van der Waals surface area contributed by atoms with Crippen molar-refractivity contribution in [1.29, 1.82) is 0 Å². The van der Waals surface area contributed by atoms with Crippen LogP contribution in [0.25, 0.3) is 0 Å². The van der Waals surface area contributed by atoms with Gasteiger partial charge in [-0.15, -0.1) is 0 Å². The number of anilines is 1. The summed E-state index contributed by atoms with van der Waals surface area (Å²) >= 11 is 1.20. The molecule has 6 heteroatoms. The summed E-state index contributed by atoms with van der Waals surface area (Å²) in [4.78, 5) is 29.2. The summed E-state index contributed by atoms with van der Waals surface area (Å²) in [6, 6.07) is 0.343. The van der Waals surface area contributed by atoms with E-state index in [0.717, 1.165) is 19.4 Å². The van der Waals surface area contributed by atoms with E-state index in [-0.39, 0.29) is 16.4 Å². The first-order chi connectivity index (χ1) is 9.00. The Kier molecular flexibility index (Phi) is 4.19. The number of Topliss-reactive ketones (excluding diaryl/α,β-unsaturated/α-hetero) is 1. The number of carboxylic acids is 1. The molecule has 0 bridgehead atoms. The molecule has 0 spiro atoms. The third-order valence-corrected chi connectivity index (χ3v) is 4.63. The Balaban J connectivity index is 2.36. The van der Waals surface area contributed by atoms with Crippen LogP contribution in [-0.2, 0) is 0 Å². The molecule has 5 nitrogen and oxygen atoms in total. The Bertz CT molecular complexity index is 467. The summed E-state index contributed by atoms with van der Waals surface area (Å²) in [5.41, 5.74) is -0.107. The zero-order chi connectivity index (χ0) is 14.0. The molecule has 2 heterocycles. The van der Waals surface area contributed by atoms with Crippen LogP contribution in [0.4, 0.5) is 5.13 Å². The molecule has 19 heavy (non-hydrogen) atoms. The highest BCUT2D eigenvalue weighted by molar-refractivity contribution is 7.17. The fourth-order valence-corrected chi connectivity index (χ4v) is 3.46. The molecule has 0 aromatic carbocycles. The van der Waals surface area contributed by atoms with Crippen LogP contribution in [0.5, 0.6) is 0 Å². The summed E-state index contributed by atoms with van der Waals surface area (Å²) in [6.45, 7) is 4.39. The van der Waals surface area contributed by atoms with Crippen molar-refractivity contribution in [3.05, 3.63) is 10.6 Å². The van der Waals surface area contributed by atoms with E-state index in [4.69, 9.17) is 5.11 Å². The molecule has 1 unspecified atom stereocenters. The van der Waals surface area contributed by atoms with E-state index in [2.05, 4.69) is 16.8 Å². The van der Waals surface area contributed by atoms with Crippen LogP contribution >= 0.6 is 11.3 Å². The number of thiazole rings is 1. The second-order valence-corrected chi connectivity index (χ2v) is 5.90. The first-order valence-corrected chi connectivity index (χ1v) is 7.34. The highest BCUT2D eigenvalue weighted by atomic mass is 32.1. The molecule has 1 aliphatic heterocycles. The molecule has 1 saturated heterocycles. The van der Waals surface area contributed by atoms with Gasteiger partial charge in [0.1, 0.15) is 4.88 Å². The Labute approximate surface area is 116 Å². The molecule has 0 radical (unpaired) electrons. The van der Waals surface area contributed by atoms with Crippen molar-refractivity contribution in [3.63, 3.8) is 0 Å². The van der Waals surface area contributed by atoms with Crippen molar-refractivity contribution >= 4 is 28.2 Å². The Morgan fingerprint density at radius 3 is 2.68 bits per heavy atom. The van der Waals surface area contributed by atoms with Crippen LogP contribution in [0.2, 0.25) is 0 Å². The minimum Gasteiger partial charge on any atom is -0.476 e. The largest absolute Gasteiger partial charge is 0.476 e. The molecule has 1 fully saturated rings. The lowest BCUT2D eigenvalue weighted by molar-refractivity contribution is 0.0687. The lowest BCUT2D eigenvalue weighted by Gasteiger charge is -2.26. The van der Waals surface area contributed by atoms with Gasteiger partial charge >= 0.3 is 5.97 Å². The molecule has 0 amide bonds. The van der Waals surface area contributed by atoms with Gasteiger partial charge in [-0.05, 0) is 19.8 Å². The van der Waals surface area contributed by atoms with Gasteiger partial charge < -0.3 is 10.0 Å². The van der Waals surface area contributed by atoms with E-state index < -0.39 is 5.97 Å². The summed E-state index contributed by atoms with van der Waals surface area (Å²) < 4.78 is 0. The smallest absolute Gasteiger partial charge is 0.356 e. The lowest BCUT2D eigenvalue weighted by atomic mass is 10.1. The highest BCUT2D eigenvalue weighted by Gasteiger charge is 2.26. The number of nitrogens with zero attached hydrogens (tertiary/aromatic N) is 2. The predicted octanol–water partition coefficient (Wildman–Crippen LogP) is 2.81. The second-order valence-electron chi connectivity index (χ2n) is 4.93. The van der Waals surface area contributed by atoms with Gasteiger partial charge in [0.2, 0.25) is 0 Å². The zero-order valence-electron chi connectivity index (χ0n) is 11.2. The fraction of sp³-hybridized carbons (Fsp3) is 0.615. The molecule has 1 N–H and O–H groups in total. The predicted molar refractivity (Wildman–Crippen MR) is 74.4 cm³/mol. The van der Waals surface area contributed by atoms with Crippen LogP contribution in [0.1, 0.15) is 59.7 Å². The van der Waals surface area contributed by atoms with Gasteiger partial charge in [0.15, 0.2) is 16.6 Å². The zero-order valence-corrected chi connectivity index (χ0v) is 12.0. The molecule has 0 aliphatic carbocycles. The topological polar surface area (TPSA) is 70.5 Å². The minimum atomic E-state index is -1.13. The monoisotopic (exact) mass is 282 g/mol. The number of aromatic carboxylic acids is 1. The maximum Gasteiger partial charge on any atom is 0.356 e. The van der Waals surface area contributed by atoms with Gasteiger partial charge in [-0.25, -0.2) is 9.78 Å². The van der Waals surface area contributed by atoms with Gasteiger partial charge in [-0.2, -0.15) is 0 Å². The average molecular weight is 282 g/mol. The Hall–Kier alpha value is -1.43. The number of carbonyl (C=O) groups excluding carboxylic acids is 1. The number of hydrogen-bond donors (Lipinski definition) is 1. The SMILES string of the molecule is CC(=O)c1sc(N2CCCCCC2C)nc1C(=O)O. The van der Waals surface area contributed by atoms with E-state index in [1.807, 2.05) is 0 Å². The first-order valence-electron chi connectivity index (χ1n) is 6.52. The molecular weight excluding hydrogens is 264 g/mol. The molecule has 104 valence electrons. The average Bonchev–Trinajstić information content (AvgIpc) is 2.68. The minimum absolute atomic E-state index is 0.107. The van der Waals surface area contributed by atoms with Crippen molar-refractivity contribution in [3.8, 4) is 0 Å². The van der Waals surface area contributed by atoms with E-state index in [9.17, 15) is 9.59 Å². The second kappa shape index (κ2) is 5.69. The Morgan fingerprint density at radius 2 is 2.11 bits per heavy atom. The first kappa shape index (κ1) is 14.0. The molecular formula is C13H18N2O3S. The van der Waals surface area contributed by atoms with Crippen molar-refractivity contribution < 1.29 is 14.7 Å². The van der Waals surface area contributed by atoms with E-state index in [0.29, 0.717) is 11.2 Å². The number of ketones is 1. The quantitative estimate of drug-likeness (QED) is 0.863. The molecule has 1 aromatic rings. The van der Waals surface area contributed by atoms with Crippen LogP contribution < -0.4 is 4.90 Å². The van der Waals surface area contributed by atoms with Gasteiger partial charge in [0.05, 0.1) is 0 Å². The van der Waals surface area contributed by atoms with Crippen LogP contribution in [0, 0.1) is 0 Å². The van der Waals surface area contributed by atoms with Crippen LogP contribution in [0.15, 0.2) is 0 Å². The van der Waals surface area contributed by atoms with Crippen molar-refractivity contribution in [1.82, 2.24) is 4.98 Å². The third kappa shape index (κ3) is 2.94. The van der Waals surface area contributed by atoms with Gasteiger partial charge in [-0.3, -0.25) is 4.79 Å². The van der Waals surface area contributed by atoms with E-state index in [1.54, 1.807) is 0 Å². The molecule has 1 atom stereocenters. The van der Waals surface area contributed by atoms with Gasteiger partial charge in [-0.1, -0.05) is 24.2 Å². The van der Waals surface area contributed by atoms with Crippen LogP contribution in [-0.4, -0.2) is 34.4 Å². The van der Waals surface area contributed by atoms with Crippen molar-refractivity contribution in [2.75, 3.05) is 11.4 Å². The number of rotatable bonds is 3. The number of carbonyl (C=O) groups is 2. The molecule has 0 saturated carbocycles.